The van der Waals surface area contributed by atoms with Gasteiger partial charge in [-0.3, -0.25) is 9.59 Å². The van der Waals surface area contributed by atoms with Crippen LogP contribution in [0.1, 0.15) is 96.8 Å². The summed E-state index contributed by atoms with van der Waals surface area (Å²) in [6.45, 7) is 3.40. The number of hydrogen-bond acceptors (Lipinski definition) is 2. The normalized spacial score (nSPS) is 18.1. The zero-order valence-electron chi connectivity index (χ0n) is 15.6. The van der Waals surface area contributed by atoms with E-state index in [0.717, 1.165) is 19.4 Å². The third-order valence-corrected chi connectivity index (χ3v) is 5.13. The van der Waals surface area contributed by atoms with E-state index in [1.807, 2.05) is 0 Å². The van der Waals surface area contributed by atoms with E-state index >= 15 is 0 Å². The fourth-order valence-electron chi connectivity index (χ4n) is 3.48. The van der Waals surface area contributed by atoms with Crippen LogP contribution in [0.25, 0.3) is 0 Å². The molecule has 4 heteroatoms. The molecule has 0 aromatic carbocycles. The molecule has 0 spiro atoms. The Labute approximate surface area is 148 Å². The lowest BCUT2D eigenvalue weighted by atomic mass is 9.97. The van der Waals surface area contributed by atoms with Gasteiger partial charge in [0.25, 0.3) is 0 Å². The molecule has 1 heterocycles. The minimum atomic E-state index is -0.762. The highest BCUT2D eigenvalue weighted by Gasteiger charge is 2.29. The first-order chi connectivity index (χ1) is 11.6. The zero-order valence-corrected chi connectivity index (χ0v) is 15.6. The Morgan fingerprint density at radius 2 is 1.46 bits per heavy atom. The van der Waals surface area contributed by atoms with Gasteiger partial charge in [0.2, 0.25) is 5.91 Å². The van der Waals surface area contributed by atoms with E-state index in [0.29, 0.717) is 19.4 Å². The second-order valence-electron chi connectivity index (χ2n) is 7.30. The van der Waals surface area contributed by atoms with Gasteiger partial charge in [0.15, 0.2) is 0 Å². The first-order valence-corrected chi connectivity index (χ1v) is 10.2. The Hall–Kier alpha value is -1.06. The van der Waals surface area contributed by atoms with Crippen molar-refractivity contribution in [3.8, 4) is 0 Å². The van der Waals surface area contributed by atoms with Crippen LogP contribution in [0.2, 0.25) is 0 Å². The highest BCUT2D eigenvalue weighted by Crippen LogP contribution is 2.19. The summed E-state index contributed by atoms with van der Waals surface area (Å²) in [5.41, 5.74) is 0. The predicted molar refractivity (Wildman–Crippen MR) is 98.0 cm³/mol. The molecular formula is C20H37NO3. The number of carbonyl (C=O) groups is 2. The van der Waals surface area contributed by atoms with Crippen molar-refractivity contribution in [3.63, 3.8) is 0 Å². The van der Waals surface area contributed by atoms with E-state index in [-0.39, 0.29) is 11.8 Å². The Balaban J connectivity index is 1.92. The second kappa shape index (κ2) is 13.3. The number of rotatable bonds is 14. The molecule has 1 unspecified atom stereocenters. The fourth-order valence-corrected chi connectivity index (χ4v) is 3.48. The Kier molecular flexibility index (Phi) is 11.6. The standard InChI is InChI=1S/C20H37NO3/c1-2-3-4-5-6-7-8-9-10-11-12-13-16-21-17-18(20(23)24)14-15-19(21)22/h18H,2-17H2,1H3,(H,23,24). The van der Waals surface area contributed by atoms with E-state index in [4.69, 9.17) is 5.11 Å². The highest BCUT2D eigenvalue weighted by atomic mass is 16.4. The molecule has 24 heavy (non-hydrogen) atoms. The van der Waals surface area contributed by atoms with Crippen LogP contribution in [0.15, 0.2) is 0 Å². The summed E-state index contributed by atoms with van der Waals surface area (Å²) in [5, 5.41) is 9.08. The molecule has 1 saturated heterocycles. The number of likely N-dealkylation sites (tertiary alicyclic amines) is 1. The van der Waals surface area contributed by atoms with Crippen molar-refractivity contribution < 1.29 is 14.7 Å². The summed E-state index contributed by atoms with van der Waals surface area (Å²) in [6, 6.07) is 0. The minimum absolute atomic E-state index is 0.135. The molecule has 1 aliphatic heterocycles. The first-order valence-electron chi connectivity index (χ1n) is 10.2. The lowest BCUT2D eigenvalue weighted by Crippen LogP contribution is -2.42. The largest absolute Gasteiger partial charge is 0.481 e. The van der Waals surface area contributed by atoms with Crippen molar-refractivity contribution in [2.75, 3.05) is 13.1 Å². The number of unbranched alkanes of at least 4 members (excludes halogenated alkanes) is 11. The van der Waals surface area contributed by atoms with Gasteiger partial charge in [-0.25, -0.2) is 0 Å². The number of carboxylic acid groups (broad SMARTS) is 1. The molecule has 1 atom stereocenters. The number of aliphatic carboxylic acids is 1. The van der Waals surface area contributed by atoms with E-state index in [1.54, 1.807) is 4.90 Å². The molecule has 0 saturated carbocycles. The average molecular weight is 340 g/mol. The molecule has 4 nitrogen and oxygen atoms in total. The van der Waals surface area contributed by atoms with Gasteiger partial charge in [0, 0.05) is 19.5 Å². The zero-order chi connectivity index (χ0) is 17.6. The van der Waals surface area contributed by atoms with Crippen LogP contribution in [0.5, 0.6) is 0 Å². The molecule has 0 aliphatic carbocycles. The van der Waals surface area contributed by atoms with Gasteiger partial charge in [-0.15, -0.1) is 0 Å². The number of piperidine rings is 1. The third-order valence-electron chi connectivity index (χ3n) is 5.13. The van der Waals surface area contributed by atoms with Crippen molar-refractivity contribution in [2.24, 2.45) is 5.92 Å². The Morgan fingerprint density at radius 1 is 0.958 bits per heavy atom. The van der Waals surface area contributed by atoms with Crippen molar-refractivity contribution in [2.45, 2.75) is 96.8 Å². The van der Waals surface area contributed by atoms with Crippen molar-refractivity contribution in [3.05, 3.63) is 0 Å². The molecule has 0 aromatic heterocycles. The van der Waals surface area contributed by atoms with Gasteiger partial charge in [0.05, 0.1) is 5.92 Å². The maximum atomic E-state index is 11.8. The van der Waals surface area contributed by atoms with E-state index in [9.17, 15) is 9.59 Å². The topological polar surface area (TPSA) is 57.6 Å². The summed E-state index contributed by atoms with van der Waals surface area (Å²) in [5.74, 6) is -0.988. The molecule has 0 radical (unpaired) electrons. The van der Waals surface area contributed by atoms with Gasteiger partial charge in [-0.1, -0.05) is 77.6 Å². The lowest BCUT2D eigenvalue weighted by molar-refractivity contribution is -0.147. The van der Waals surface area contributed by atoms with Crippen LogP contribution in [-0.4, -0.2) is 35.0 Å². The summed E-state index contributed by atoms with van der Waals surface area (Å²) in [6.07, 6.45) is 16.5. The number of hydrogen-bond donors (Lipinski definition) is 1. The van der Waals surface area contributed by atoms with Crippen LogP contribution in [0.3, 0.4) is 0 Å². The molecule has 1 amide bonds. The first kappa shape index (κ1) is 21.0. The molecule has 1 fully saturated rings. The number of amides is 1. The summed E-state index contributed by atoms with van der Waals surface area (Å²) in [7, 11) is 0. The van der Waals surface area contributed by atoms with Crippen LogP contribution in [0.4, 0.5) is 0 Å². The van der Waals surface area contributed by atoms with E-state index in [2.05, 4.69) is 6.92 Å². The van der Waals surface area contributed by atoms with Crippen molar-refractivity contribution in [1.29, 1.82) is 0 Å². The molecule has 0 bridgehead atoms. The second-order valence-corrected chi connectivity index (χ2v) is 7.30. The molecule has 140 valence electrons. The average Bonchev–Trinajstić information content (AvgIpc) is 2.57. The summed E-state index contributed by atoms with van der Waals surface area (Å²) >= 11 is 0. The Morgan fingerprint density at radius 3 is 1.96 bits per heavy atom. The smallest absolute Gasteiger partial charge is 0.308 e. The quantitative estimate of drug-likeness (QED) is 0.453. The summed E-state index contributed by atoms with van der Waals surface area (Å²) in [4.78, 5) is 24.6. The van der Waals surface area contributed by atoms with Gasteiger partial charge in [0.1, 0.15) is 0 Å². The number of carbonyl (C=O) groups excluding carboxylic acids is 1. The Bertz CT molecular complexity index is 357. The maximum absolute atomic E-state index is 11.8. The number of carboxylic acids is 1. The van der Waals surface area contributed by atoms with Crippen LogP contribution in [0, 0.1) is 5.92 Å². The van der Waals surface area contributed by atoms with Gasteiger partial charge < -0.3 is 10.0 Å². The number of nitrogens with zero attached hydrogens (tertiary/aromatic N) is 1. The van der Waals surface area contributed by atoms with Crippen molar-refractivity contribution in [1.82, 2.24) is 4.90 Å². The molecule has 1 rings (SSSR count). The van der Waals surface area contributed by atoms with E-state index < -0.39 is 5.97 Å². The van der Waals surface area contributed by atoms with Gasteiger partial charge >= 0.3 is 5.97 Å². The molecule has 1 aliphatic rings. The highest BCUT2D eigenvalue weighted by molar-refractivity contribution is 5.80. The van der Waals surface area contributed by atoms with Gasteiger partial charge in [-0.2, -0.15) is 0 Å². The molecular weight excluding hydrogens is 302 g/mol. The van der Waals surface area contributed by atoms with Crippen LogP contribution >= 0.6 is 0 Å². The third kappa shape index (κ3) is 9.29. The van der Waals surface area contributed by atoms with Gasteiger partial charge in [-0.05, 0) is 12.8 Å². The van der Waals surface area contributed by atoms with Crippen LogP contribution < -0.4 is 0 Å². The minimum Gasteiger partial charge on any atom is -0.481 e. The monoisotopic (exact) mass is 339 g/mol. The molecule has 0 aromatic rings. The SMILES string of the molecule is CCCCCCCCCCCCCCN1CC(C(=O)O)CCC1=O. The maximum Gasteiger partial charge on any atom is 0.308 e. The molecule has 1 N–H and O–H groups in total. The van der Waals surface area contributed by atoms with Crippen LogP contribution in [-0.2, 0) is 9.59 Å². The fraction of sp³-hybridized carbons (Fsp3) is 0.900. The lowest BCUT2D eigenvalue weighted by Gasteiger charge is -2.30. The summed E-state index contributed by atoms with van der Waals surface area (Å²) < 4.78 is 0. The van der Waals surface area contributed by atoms with Crippen molar-refractivity contribution >= 4 is 11.9 Å². The van der Waals surface area contributed by atoms with E-state index in [1.165, 1.54) is 64.2 Å². The predicted octanol–water partition coefficient (Wildman–Crippen LogP) is 5.01.